The van der Waals surface area contributed by atoms with Gasteiger partial charge in [0, 0.05) is 29.2 Å². The molecule has 2 heterocycles. The first-order chi connectivity index (χ1) is 9.41. The largest absolute Gasteiger partial charge is 0.339 e. The van der Waals surface area contributed by atoms with Crippen molar-refractivity contribution in [1.82, 2.24) is 4.90 Å². The van der Waals surface area contributed by atoms with Crippen molar-refractivity contribution in [2.24, 2.45) is 5.92 Å². The molecule has 112 valence electrons. The fourth-order valence-corrected chi connectivity index (χ4v) is 4.51. The Kier molecular flexibility index (Phi) is 5.09. The summed E-state index contributed by atoms with van der Waals surface area (Å²) in [6.07, 6.45) is 4.46. The van der Waals surface area contributed by atoms with Gasteiger partial charge in [0.15, 0.2) is 0 Å². The van der Waals surface area contributed by atoms with Crippen LogP contribution in [0.2, 0.25) is 0 Å². The predicted molar refractivity (Wildman–Crippen MR) is 80.9 cm³/mol. The van der Waals surface area contributed by atoms with E-state index in [9.17, 15) is 13.2 Å². The molecule has 4 nitrogen and oxygen atoms in total. The summed E-state index contributed by atoms with van der Waals surface area (Å²) >= 11 is 0.990. The molecule has 1 fully saturated rings. The van der Waals surface area contributed by atoms with Gasteiger partial charge in [-0.3, -0.25) is 4.79 Å². The molecule has 1 saturated heterocycles. The number of carbonyl (C=O) groups excluding carboxylic acids is 1. The van der Waals surface area contributed by atoms with E-state index in [4.69, 9.17) is 10.7 Å². The topological polar surface area (TPSA) is 54.5 Å². The number of carbonyl (C=O) groups is 1. The molecule has 0 radical (unpaired) electrons. The zero-order valence-electron chi connectivity index (χ0n) is 11.3. The van der Waals surface area contributed by atoms with Crippen molar-refractivity contribution in [2.75, 3.05) is 13.1 Å². The third-order valence-corrected chi connectivity index (χ3v) is 6.70. The Morgan fingerprint density at radius 2 is 2.10 bits per heavy atom. The molecule has 0 aromatic carbocycles. The first kappa shape index (κ1) is 15.8. The minimum Gasteiger partial charge on any atom is -0.339 e. The van der Waals surface area contributed by atoms with Crippen molar-refractivity contribution in [3.63, 3.8) is 0 Å². The van der Waals surface area contributed by atoms with Crippen LogP contribution in [0, 0.1) is 5.92 Å². The molecule has 0 spiro atoms. The highest BCUT2D eigenvalue weighted by atomic mass is 35.7. The molecule has 20 heavy (non-hydrogen) atoms. The van der Waals surface area contributed by atoms with Gasteiger partial charge in [-0.2, -0.15) is 0 Å². The van der Waals surface area contributed by atoms with Gasteiger partial charge < -0.3 is 4.90 Å². The van der Waals surface area contributed by atoms with Crippen LogP contribution in [0.1, 0.15) is 43.0 Å². The van der Waals surface area contributed by atoms with E-state index >= 15 is 0 Å². The average Bonchev–Trinajstić information content (AvgIpc) is 2.89. The summed E-state index contributed by atoms with van der Waals surface area (Å²) in [4.78, 5) is 14.1. The number of amides is 1. The van der Waals surface area contributed by atoms with Gasteiger partial charge in [-0.25, -0.2) is 8.42 Å². The lowest BCUT2D eigenvalue weighted by atomic mass is 9.92. The minimum absolute atomic E-state index is 0.0309. The van der Waals surface area contributed by atoms with Crippen LogP contribution in [0.15, 0.2) is 15.7 Å². The van der Waals surface area contributed by atoms with Gasteiger partial charge in [0.2, 0.25) is 0 Å². The Labute approximate surface area is 128 Å². The fourth-order valence-electron chi connectivity index (χ4n) is 2.57. The lowest BCUT2D eigenvalue weighted by Crippen LogP contribution is -2.38. The van der Waals surface area contributed by atoms with Crippen LogP contribution in [0.25, 0.3) is 0 Å². The van der Waals surface area contributed by atoms with E-state index in [0.29, 0.717) is 11.5 Å². The molecule has 0 N–H and O–H groups in total. The molecule has 0 atom stereocenters. The molecule has 2 rings (SSSR count). The van der Waals surface area contributed by atoms with E-state index in [0.717, 1.165) is 37.3 Å². The lowest BCUT2D eigenvalue weighted by Gasteiger charge is -2.31. The van der Waals surface area contributed by atoms with Gasteiger partial charge in [0.25, 0.3) is 15.0 Å². The molecule has 1 aliphatic rings. The van der Waals surface area contributed by atoms with Crippen molar-refractivity contribution in [1.29, 1.82) is 0 Å². The van der Waals surface area contributed by atoms with Gasteiger partial charge in [-0.15, -0.1) is 11.3 Å². The summed E-state index contributed by atoms with van der Waals surface area (Å²) in [6.45, 7) is 3.68. The summed E-state index contributed by atoms with van der Waals surface area (Å²) in [5.74, 6) is 0.619. The number of thiophene rings is 1. The quantitative estimate of drug-likeness (QED) is 0.793. The van der Waals surface area contributed by atoms with E-state index in [2.05, 4.69) is 6.92 Å². The Morgan fingerprint density at radius 3 is 2.60 bits per heavy atom. The summed E-state index contributed by atoms with van der Waals surface area (Å²) in [5.41, 5.74) is 0.420. The van der Waals surface area contributed by atoms with E-state index in [1.165, 1.54) is 18.9 Å². The van der Waals surface area contributed by atoms with E-state index < -0.39 is 9.05 Å². The standard InChI is InChI=1S/C13H18ClNO3S2/c1-2-3-10-4-6-15(7-5-10)13(16)11-8-12(19-9-11)20(14,17)18/h8-10H,2-7H2,1H3. The number of halogens is 1. The molecule has 0 bridgehead atoms. The van der Waals surface area contributed by atoms with Gasteiger partial charge in [0.05, 0.1) is 5.56 Å². The molecule has 1 aromatic heterocycles. The monoisotopic (exact) mass is 335 g/mol. The predicted octanol–water partition coefficient (Wildman–Crippen LogP) is 3.33. The van der Waals surface area contributed by atoms with Crippen molar-refractivity contribution in [2.45, 2.75) is 36.8 Å². The SMILES string of the molecule is CCCC1CCN(C(=O)c2csc(S(=O)(=O)Cl)c2)CC1. The maximum Gasteiger partial charge on any atom is 0.270 e. The third-order valence-electron chi connectivity index (χ3n) is 3.66. The van der Waals surface area contributed by atoms with Gasteiger partial charge in [0.1, 0.15) is 4.21 Å². The smallest absolute Gasteiger partial charge is 0.270 e. The zero-order chi connectivity index (χ0) is 14.8. The van der Waals surface area contributed by atoms with Crippen LogP contribution in [0.5, 0.6) is 0 Å². The second-order valence-electron chi connectivity index (χ2n) is 5.12. The van der Waals surface area contributed by atoms with Gasteiger partial charge in [-0.05, 0) is 24.8 Å². The normalized spacial score (nSPS) is 17.4. The van der Waals surface area contributed by atoms with E-state index in [1.54, 1.807) is 10.3 Å². The number of piperidine rings is 1. The Balaban J connectivity index is 2.00. The number of likely N-dealkylation sites (tertiary alicyclic amines) is 1. The van der Waals surface area contributed by atoms with Crippen LogP contribution in [-0.2, 0) is 9.05 Å². The third kappa shape index (κ3) is 3.74. The van der Waals surface area contributed by atoms with Crippen LogP contribution in [-0.4, -0.2) is 32.3 Å². The van der Waals surface area contributed by atoms with Crippen LogP contribution < -0.4 is 0 Å². The zero-order valence-corrected chi connectivity index (χ0v) is 13.7. The molecule has 0 aliphatic carbocycles. The van der Waals surface area contributed by atoms with Crippen LogP contribution >= 0.6 is 22.0 Å². The Morgan fingerprint density at radius 1 is 1.45 bits per heavy atom. The Bertz CT molecular complexity index is 574. The summed E-state index contributed by atoms with van der Waals surface area (Å²) < 4.78 is 22.5. The first-order valence-electron chi connectivity index (χ1n) is 6.74. The first-order valence-corrected chi connectivity index (χ1v) is 9.93. The molecule has 7 heteroatoms. The fraction of sp³-hybridized carbons (Fsp3) is 0.615. The van der Waals surface area contributed by atoms with Crippen molar-refractivity contribution in [3.8, 4) is 0 Å². The van der Waals surface area contributed by atoms with Crippen LogP contribution in [0.3, 0.4) is 0 Å². The molecule has 1 aliphatic heterocycles. The second-order valence-corrected chi connectivity index (χ2v) is 8.82. The van der Waals surface area contributed by atoms with Crippen molar-refractivity contribution in [3.05, 3.63) is 17.0 Å². The maximum atomic E-state index is 12.3. The molecule has 1 aromatic rings. The van der Waals surface area contributed by atoms with Crippen molar-refractivity contribution < 1.29 is 13.2 Å². The Hall–Kier alpha value is -0.590. The van der Waals surface area contributed by atoms with Crippen molar-refractivity contribution >= 4 is 37.0 Å². The second kappa shape index (κ2) is 6.45. The minimum atomic E-state index is -3.74. The molecular weight excluding hydrogens is 318 g/mol. The highest BCUT2D eigenvalue weighted by Crippen LogP contribution is 2.27. The summed E-state index contributed by atoms with van der Waals surface area (Å²) in [5, 5.41) is 1.57. The number of hydrogen-bond acceptors (Lipinski definition) is 4. The molecular formula is C13H18ClNO3S2. The molecule has 1 amide bonds. The average molecular weight is 336 g/mol. The number of nitrogens with zero attached hydrogens (tertiary/aromatic N) is 1. The molecule has 0 unspecified atom stereocenters. The lowest BCUT2D eigenvalue weighted by molar-refractivity contribution is 0.0687. The summed E-state index contributed by atoms with van der Waals surface area (Å²) in [7, 11) is 1.53. The number of hydrogen-bond donors (Lipinski definition) is 0. The highest BCUT2D eigenvalue weighted by molar-refractivity contribution is 8.15. The van der Waals surface area contributed by atoms with Gasteiger partial charge in [-0.1, -0.05) is 19.8 Å². The summed E-state index contributed by atoms with van der Waals surface area (Å²) in [6, 6.07) is 1.37. The van der Waals surface area contributed by atoms with E-state index in [1.807, 2.05) is 0 Å². The van der Waals surface area contributed by atoms with Crippen LogP contribution in [0.4, 0.5) is 0 Å². The van der Waals surface area contributed by atoms with E-state index in [-0.39, 0.29) is 10.1 Å². The van der Waals surface area contributed by atoms with Gasteiger partial charge >= 0.3 is 0 Å². The maximum absolute atomic E-state index is 12.3. The highest BCUT2D eigenvalue weighted by Gasteiger charge is 2.25. The number of rotatable bonds is 4. The molecule has 0 saturated carbocycles.